The average Bonchev–Trinajstić information content (AvgIpc) is 3.10. The van der Waals surface area contributed by atoms with Gasteiger partial charge in [0.25, 0.3) is 0 Å². The number of imidazole rings is 1. The SMILES string of the molecule is CCCOc1ccc(Cc2nc3ccc(C(=O)O)cc3n2Cc2ccccc2)cc1. The molecular weight excluding hydrogens is 376 g/mol. The normalized spacial score (nSPS) is 11.0. The molecule has 4 rings (SSSR count). The van der Waals surface area contributed by atoms with E-state index in [9.17, 15) is 9.90 Å². The third kappa shape index (κ3) is 4.35. The number of hydrogen-bond donors (Lipinski definition) is 1. The summed E-state index contributed by atoms with van der Waals surface area (Å²) in [6.07, 6.45) is 1.63. The van der Waals surface area contributed by atoms with Crippen molar-refractivity contribution in [2.45, 2.75) is 26.3 Å². The molecule has 3 aromatic carbocycles. The van der Waals surface area contributed by atoms with Crippen LogP contribution >= 0.6 is 0 Å². The molecule has 0 amide bonds. The molecule has 30 heavy (non-hydrogen) atoms. The first-order valence-corrected chi connectivity index (χ1v) is 10.1. The third-order valence-corrected chi connectivity index (χ3v) is 5.02. The van der Waals surface area contributed by atoms with E-state index in [1.165, 1.54) is 0 Å². The molecule has 0 aliphatic carbocycles. The lowest BCUT2D eigenvalue weighted by atomic mass is 10.1. The number of hydrogen-bond acceptors (Lipinski definition) is 3. The van der Waals surface area contributed by atoms with Gasteiger partial charge in [0.1, 0.15) is 11.6 Å². The van der Waals surface area contributed by atoms with E-state index in [2.05, 4.69) is 35.8 Å². The van der Waals surface area contributed by atoms with E-state index >= 15 is 0 Å². The van der Waals surface area contributed by atoms with Crippen molar-refractivity contribution in [3.63, 3.8) is 0 Å². The van der Waals surface area contributed by atoms with Gasteiger partial charge in [0.2, 0.25) is 0 Å². The number of nitrogens with zero attached hydrogens (tertiary/aromatic N) is 2. The highest BCUT2D eigenvalue weighted by molar-refractivity contribution is 5.92. The quantitative estimate of drug-likeness (QED) is 0.444. The van der Waals surface area contributed by atoms with Crippen molar-refractivity contribution >= 4 is 17.0 Å². The maximum atomic E-state index is 11.5. The first-order chi connectivity index (χ1) is 14.6. The van der Waals surface area contributed by atoms with Gasteiger partial charge in [-0.15, -0.1) is 0 Å². The topological polar surface area (TPSA) is 64.3 Å². The highest BCUT2D eigenvalue weighted by Gasteiger charge is 2.14. The van der Waals surface area contributed by atoms with Crippen LogP contribution in [-0.4, -0.2) is 27.2 Å². The third-order valence-electron chi connectivity index (χ3n) is 5.02. The molecule has 4 aromatic rings. The van der Waals surface area contributed by atoms with Gasteiger partial charge in [-0.3, -0.25) is 0 Å². The van der Waals surface area contributed by atoms with Crippen molar-refractivity contribution in [2.75, 3.05) is 6.61 Å². The summed E-state index contributed by atoms with van der Waals surface area (Å²) in [5.74, 6) is 0.830. The van der Waals surface area contributed by atoms with Crippen LogP contribution in [0.3, 0.4) is 0 Å². The van der Waals surface area contributed by atoms with Gasteiger partial charge >= 0.3 is 5.97 Å². The Bertz CT molecular complexity index is 1150. The second-order valence-electron chi connectivity index (χ2n) is 7.28. The first-order valence-electron chi connectivity index (χ1n) is 10.1. The molecule has 0 aliphatic rings. The molecule has 1 aromatic heterocycles. The van der Waals surface area contributed by atoms with Gasteiger partial charge in [-0.25, -0.2) is 9.78 Å². The zero-order valence-corrected chi connectivity index (χ0v) is 16.9. The molecule has 5 heteroatoms. The van der Waals surface area contributed by atoms with Crippen LogP contribution in [0.25, 0.3) is 11.0 Å². The summed E-state index contributed by atoms with van der Waals surface area (Å²) >= 11 is 0. The summed E-state index contributed by atoms with van der Waals surface area (Å²) in [5.41, 5.74) is 4.16. The summed E-state index contributed by atoms with van der Waals surface area (Å²) in [6.45, 7) is 3.42. The smallest absolute Gasteiger partial charge is 0.335 e. The summed E-state index contributed by atoms with van der Waals surface area (Å²) in [6, 6.07) is 23.3. The molecule has 1 N–H and O–H groups in total. The lowest BCUT2D eigenvalue weighted by Gasteiger charge is -2.11. The van der Waals surface area contributed by atoms with Crippen molar-refractivity contribution in [3.8, 4) is 5.75 Å². The highest BCUT2D eigenvalue weighted by atomic mass is 16.5. The Balaban J connectivity index is 1.70. The van der Waals surface area contributed by atoms with E-state index in [0.717, 1.165) is 40.2 Å². The number of carbonyl (C=O) groups is 1. The molecule has 0 fully saturated rings. The molecule has 0 bridgehead atoms. The minimum atomic E-state index is -0.937. The van der Waals surface area contributed by atoms with Crippen LogP contribution in [0.4, 0.5) is 0 Å². The monoisotopic (exact) mass is 400 g/mol. The van der Waals surface area contributed by atoms with Crippen LogP contribution in [0, 0.1) is 0 Å². The van der Waals surface area contributed by atoms with Crippen molar-refractivity contribution in [2.24, 2.45) is 0 Å². The molecule has 1 heterocycles. The van der Waals surface area contributed by atoms with Crippen molar-refractivity contribution in [3.05, 3.63) is 95.3 Å². The number of carboxylic acid groups (broad SMARTS) is 1. The van der Waals surface area contributed by atoms with Crippen LogP contribution in [-0.2, 0) is 13.0 Å². The molecule has 0 unspecified atom stereocenters. The fourth-order valence-electron chi connectivity index (χ4n) is 3.49. The van der Waals surface area contributed by atoms with Crippen molar-refractivity contribution in [1.82, 2.24) is 9.55 Å². The Kier molecular flexibility index (Phi) is 5.80. The second-order valence-corrected chi connectivity index (χ2v) is 7.28. The predicted octanol–water partition coefficient (Wildman–Crippen LogP) is 5.16. The van der Waals surface area contributed by atoms with Crippen LogP contribution < -0.4 is 4.74 Å². The van der Waals surface area contributed by atoms with Crippen molar-refractivity contribution < 1.29 is 14.6 Å². The maximum Gasteiger partial charge on any atom is 0.335 e. The van der Waals surface area contributed by atoms with Gasteiger partial charge in [0.05, 0.1) is 23.2 Å². The highest BCUT2D eigenvalue weighted by Crippen LogP contribution is 2.23. The Hall–Kier alpha value is -3.60. The van der Waals surface area contributed by atoms with Gasteiger partial charge < -0.3 is 14.4 Å². The van der Waals surface area contributed by atoms with Crippen LogP contribution in [0.15, 0.2) is 72.8 Å². The van der Waals surface area contributed by atoms with Gasteiger partial charge in [0, 0.05) is 13.0 Å². The molecule has 0 saturated heterocycles. The number of rotatable bonds is 8. The molecule has 0 saturated carbocycles. The summed E-state index contributed by atoms with van der Waals surface area (Å²) in [5, 5.41) is 9.41. The largest absolute Gasteiger partial charge is 0.494 e. The lowest BCUT2D eigenvalue weighted by molar-refractivity contribution is 0.0697. The maximum absolute atomic E-state index is 11.5. The van der Waals surface area contributed by atoms with Crippen LogP contribution in [0.1, 0.15) is 40.7 Å². The zero-order valence-electron chi connectivity index (χ0n) is 16.9. The Labute approximate surface area is 175 Å². The molecule has 0 radical (unpaired) electrons. The Morgan fingerprint density at radius 1 is 1.00 bits per heavy atom. The standard InChI is InChI=1S/C25H24N2O3/c1-2-14-30-21-11-8-18(9-12-21)15-24-26-22-13-10-20(25(28)29)16-23(22)27(24)17-19-6-4-3-5-7-19/h3-13,16H,2,14-15,17H2,1H3,(H,28,29). The molecule has 5 nitrogen and oxygen atoms in total. The summed E-state index contributed by atoms with van der Waals surface area (Å²) in [7, 11) is 0. The number of benzene rings is 3. The lowest BCUT2D eigenvalue weighted by Crippen LogP contribution is -2.06. The number of carboxylic acids is 1. The molecule has 0 spiro atoms. The average molecular weight is 400 g/mol. The van der Waals surface area contributed by atoms with Crippen LogP contribution in [0.5, 0.6) is 5.75 Å². The Morgan fingerprint density at radius 3 is 2.47 bits per heavy atom. The van der Waals surface area contributed by atoms with Gasteiger partial charge in [-0.1, -0.05) is 49.4 Å². The number of aromatic nitrogens is 2. The molecular formula is C25H24N2O3. The number of fused-ring (bicyclic) bond motifs is 1. The van der Waals surface area contributed by atoms with E-state index in [4.69, 9.17) is 9.72 Å². The summed E-state index contributed by atoms with van der Waals surface area (Å²) in [4.78, 5) is 16.3. The number of aromatic carboxylic acids is 1. The summed E-state index contributed by atoms with van der Waals surface area (Å²) < 4.78 is 7.78. The molecule has 0 aliphatic heterocycles. The van der Waals surface area contributed by atoms with Gasteiger partial charge in [0.15, 0.2) is 0 Å². The van der Waals surface area contributed by atoms with Crippen LogP contribution in [0.2, 0.25) is 0 Å². The van der Waals surface area contributed by atoms with E-state index in [1.54, 1.807) is 18.2 Å². The van der Waals surface area contributed by atoms with E-state index in [-0.39, 0.29) is 5.56 Å². The van der Waals surface area contributed by atoms with E-state index < -0.39 is 5.97 Å². The fraction of sp³-hybridized carbons (Fsp3) is 0.200. The minimum absolute atomic E-state index is 0.265. The minimum Gasteiger partial charge on any atom is -0.494 e. The van der Waals surface area contributed by atoms with E-state index in [1.807, 2.05) is 30.3 Å². The zero-order chi connectivity index (χ0) is 20.9. The second kappa shape index (κ2) is 8.82. The Morgan fingerprint density at radius 2 is 1.77 bits per heavy atom. The van der Waals surface area contributed by atoms with Crippen molar-refractivity contribution in [1.29, 1.82) is 0 Å². The predicted molar refractivity (Wildman–Crippen MR) is 117 cm³/mol. The molecule has 152 valence electrons. The van der Waals surface area contributed by atoms with Gasteiger partial charge in [-0.2, -0.15) is 0 Å². The fourth-order valence-corrected chi connectivity index (χ4v) is 3.49. The van der Waals surface area contributed by atoms with Gasteiger partial charge in [-0.05, 0) is 47.9 Å². The first kappa shape index (κ1) is 19.7. The van der Waals surface area contributed by atoms with E-state index in [0.29, 0.717) is 19.6 Å². The number of ether oxygens (including phenoxy) is 1. The molecule has 0 atom stereocenters.